The van der Waals surface area contributed by atoms with Gasteiger partial charge in [0, 0.05) is 17.4 Å². The molecule has 0 rings (SSSR count). The van der Waals surface area contributed by atoms with Crippen molar-refractivity contribution in [3.63, 3.8) is 0 Å². The fourth-order valence-electron chi connectivity index (χ4n) is 0.387. The summed E-state index contributed by atoms with van der Waals surface area (Å²) in [7, 11) is 5.40. The largest absolute Gasteiger partial charge is 2.00 e. The first-order chi connectivity index (χ1) is 3.42. The van der Waals surface area contributed by atoms with Crippen LogP contribution in [-0.2, 0) is 4.79 Å². The van der Waals surface area contributed by atoms with E-state index >= 15 is 0 Å². The molecule has 0 aliphatic carbocycles. The van der Waals surface area contributed by atoms with Gasteiger partial charge in [0.15, 0.2) is 0 Å². The molecule has 0 spiro atoms. The summed E-state index contributed by atoms with van der Waals surface area (Å²) in [4.78, 5) is 9.89. The maximum atomic E-state index is 9.89. The molecule has 0 heterocycles. The molecule has 5 heteroatoms. The number of rotatable bonds is 2. The van der Waals surface area contributed by atoms with E-state index in [1.54, 1.807) is 21.1 Å². The quantitative estimate of drug-likeness (QED) is 0.366. The molecule has 0 atom stereocenters. The van der Waals surface area contributed by atoms with Crippen molar-refractivity contribution in [3.8, 4) is 0 Å². The number of aliphatic carboxylic acids is 1. The molecule has 0 aromatic heterocycles. The summed E-state index contributed by atoms with van der Waals surface area (Å²) in [6.45, 7) is 0.0694. The molecule has 0 saturated heterocycles. The Labute approximate surface area is 105 Å². The van der Waals surface area contributed by atoms with Crippen LogP contribution in [0.5, 0.6) is 0 Å². The van der Waals surface area contributed by atoms with Gasteiger partial charge in [-0.3, -0.25) is 0 Å². The Balaban J connectivity index is -0.0000000408. The van der Waals surface area contributed by atoms with Gasteiger partial charge in [-0.15, -0.1) is 0 Å². The molecule has 0 aromatic rings. The fourth-order valence-corrected chi connectivity index (χ4v) is 0.387. The molecular weight excluding hydrogens is 173 g/mol. The van der Waals surface area contributed by atoms with Crippen molar-refractivity contribution in [3.05, 3.63) is 0 Å². The van der Waals surface area contributed by atoms with Gasteiger partial charge in [-0.2, -0.15) is 0 Å². The minimum Gasteiger partial charge on any atom is -1.00 e. The number of likely N-dealkylation sites (N-methyl/N-ethyl adjacent to an activating group) is 1. The molecule has 0 aromatic carbocycles. The zero-order valence-electron chi connectivity index (χ0n) is 8.76. The Morgan fingerprint density at radius 2 is 1.80 bits per heavy atom. The summed E-state index contributed by atoms with van der Waals surface area (Å²) in [5.74, 6) is -1.00. The topological polar surface area (TPSA) is 40.1 Å². The molecule has 0 aliphatic heterocycles. The van der Waals surface area contributed by atoms with E-state index in [1.165, 1.54) is 0 Å². The maximum Gasteiger partial charge on any atom is 2.00 e. The number of quaternary nitrogens is 1. The number of carbonyl (C=O) groups excluding carboxylic acids is 1. The van der Waals surface area contributed by atoms with Crippen LogP contribution in [0.4, 0.5) is 0 Å². The van der Waals surface area contributed by atoms with Gasteiger partial charge in [0.05, 0.1) is 27.1 Å². The second-order valence-electron chi connectivity index (χ2n) is 2.82. The molecule has 10 heavy (non-hydrogen) atoms. The van der Waals surface area contributed by atoms with E-state index in [2.05, 4.69) is 0 Å². The first-order valence-electron chi connectivity index (χ1n) is 2.42. The summed E-state index contributed by atoms with van der Waals surface area (Å²) >= 11 is 0. The second-order valence-corrected chi connectivity index (χ2v) is 2.82. The SMILES string of the molecule is C[N+](C)(C)CC(=O)[O-].[Al].[Ca+2].[H-].[H-]. The predicted octanol–water partition coefficient (Wildman–Crippen LogP) is -2.09. The van der Waals surface area contributed by atoms with Gasteiger partial charge in [-0.25, -0.2) is 0 Å². The fraction of sp³-hybridized carbons (Fsp3) is 0.800. The summed E-state index contributed by atoms with van der Waals surface area (Å²) in [5, 5.41) is 9.89. The third-order valence-corrected chi connectivity index (χ3v) is 0.603. The van der Waals surface area contributed by atoms with Gasteiger partial charge in [0.1, 0.15) is 6.54 Å². The van der Waals surface area contributed by atoms with Crippen LogP contribution < -0.4 is 5.11 Å². The van der Waals surface area contributed by atoms with E-state index in [0.717, 1.165) is 0 Å². The van der Waals surface area contributed by atoms with Crippen molar-refractivity contribution in [1.29, 1.82) is 0 Å². The van der Waals surface area contributed by atoms with Crippen LogP contribution in [0, 0.1) is 0 Å². The molecule has 3 radical (unpaired) electrons. The molecule has 0 N–H and O–H groups in total. The number of nitrogens with zero attached hydrogens (tertiary/aromatic N) is 1. The normalized spacial score (nSPS) is 9.10. The Kier molecular flexibility index (Phi) is 12.0. The zero-order valence-corrected chi connectivity index (χ0v) is 10.1. The number of carboxylic acids is 1. The van der Waals surface area contributed by atoms with E-state index in [1.807, 2.05) is 0 Å². The minimum absolute atomic E-state index is 0. The third-order valence-electron chi connectivity index (χ3n) is 0.603. The van der Waals surface area contributed by atoms with Gasteiger partial charge >= 0.3 is 37.7 Å². The second kappa shape index (κ2) is 6.90. The van der Waals surface area contributed by atoms with Gasteiger partial charge in [-0.05, 0) is 0 Å². The van der Waals surface area contributed by atoms with Crippen molar-refractivity contribution in [2.45, 2.75) is 0 Å². The Morgan fingerprint density at radius 1 is 1.50 bits per heavy atom. The first-order valence-corrected chi connectivity index (χ1v) is 2.42. The maximum absolute atomic E-state index is 9.89. The number of carboxylic acid groups (broad SMARTS) is 1. The molecule has 0 aliphatic rings. The Hall–Kier alpha value is 1.22. The van der Waals surface area contributed by atoms with Crippen molar-refractivity contribution in [1.82, 2.24) is 0 Å². The molecule has 0 fully saturated rings. The summed E-state index contributed by atoms with van der Waals surface area (Å²) in [6.07, 6.45) is 0. The average Bonchev–Trinajstić information content (AvgIpc) is 1.21. The molecule has 0 saturated carbocycles. The van der Waals surface area contributed by atoms with Crippen LogP contribution in [0.1, 0.15) is 2.85 Å². The van der Waals surface area contributed by atoms with Crippen molar-refractivity contribution in [2.24, 2.45) is 0 Å². The zero-order chi connectivity index (χ0) is 6.78. The van der Waals surface area contributed by atoms with E-state index in [0.29, 0.717) is 4.48 Å². The average molecular weight is 186 g/mol. The minimum atomic E-state index is -1.00. The summed E-state index contributed by atoms with van der Waals surface area (Å²) in [6, 6.07) is 0. The third kappa shape index (κ3) is 16.1. The van der Waals surface area contributed by atoms with E-state index in [4.69, 9.17) is 0 Å². The van der Waals surface area contributed by atoms with Gasteiger partial charge in [0.2, 0.25) is 0 Å². The summed E-state index contributed by atoms with van der Waals surface area (Å²) in [5.41, 5.74) is 0. The summed E-state index contributed by atoms with van der Waals surface area (Å²) < 4.78 is 0.419. The van der Waals surface area contributed by atoms with Crippen molar-refractivity contribution < 1.29 is 17.2 Å². The Morgan fingerprint density at radius 3 is 1.80 bits per heavy atom. The van der Waals surface area contributed by atoms with Crippen LogP contribution in [-0.4, -0.2) is 93.2 Å². The van der Waals surface area contributed by atoms with Crippen molar-refractivity contribution >= 4 is 61.1 Å². The Bertz CT molecular complexity index is 110. The van der Waals surface area contributed by atoms with Crippen LogP contribution in [0.2, 0.25) is 0 Å². The van der Waals surface area contributed by atoms with Gasteiger partial charge in [0.25, 0.3) is 0 Å². The monoisotopic (exact) mass is 186 g/mol. The van der Waals surface area contributed by atoms with Crippen LogP contribution in [0.25, 0.3) is 0 Å². The standard InChI is InChI=1S/C5H11NO2.Al.Ca.2H/c1-6(2,3)4-5(7)8;;;;/h4H2,1-3H3;;;;/q;;+2;2*-1. The van der Waals surface area contributed by atoms with Crippen molar-refractivity contribution in [2.75, 3.05) is 27.7 Å². The number of hydrogen-bond acceptors (Lipinski definition) is 2. The predicted molar refractivity (Wildman–Crippen MR) is 41.6 cm³/mol. The van der Waals surface area contributed by atoms with Crippen LogP contribution >= 0.6 is 0 Å². The van der Waals surface area contributed by atoms with Crippen LogP contribution in [0.3, 0.4) is 0 Å². The van der Waals surface area contributed by atoms with Gasteiger partial charge < -0.3 is 17.2 Å². The molecule has 55 valence electrons. The smallest absolute Gasteiger partial charge is 1.00 e. The number of hydrogen-bond donors (Lipinski definition) is 0. The molecular formula is C5H13AlCaNO2. The van der Waals surface area contributed by atoms with E-state index < -0.39 is 5.97 Å². The van der Waals surface area contributed by atoms with Crippen LogP contribution in [0.15, 0.2) is 0 Å². The van der Waals surface area contributed by atoms with E-state index in [9.17, 15) is 9.90 Å². The number of carbonyl (C=O) groups is 1. The molecule has 0 bridgehead atoms. The molecule has 3 nitrogen and oxygen atoms in total. The molecule has 0 unspecified atom stereocenters. The van der Waals surface area contributed by atoms with E-state index in [-0.39, 0.29) is 64.5 Å². The molecule has 0 amide bonds. The first kappa shape index (κ1) is 17.3. The van der Waals surface area contributed by atoms with Gasteiger partial charge in [-0.1, -0.05) is 0 Å².